The smallest absolute Gasteiger partial charge is 0.316 e. The number of carbonyl (C=O) groups excluding carboxylic acids is 4. The highest BCUT2D eigenvalue weighted by molar-refractivity contribution is 6.23. The summed E-state index contributed by atoms with van der Waals surface area (Å²) < 4.78 is 5.66. The second-order valence-corrected chi connectivity index (χ2v) is 12.4. The molecule has 9 rings (SSSR count). The molecule has 218 valence electrons. The van der Waals surface area contributed by atoms with E-state index >= 15 is 0 Å². The first kappa shape index (κ1) is 26.6. The van der Waals surface area contributed by atoms with Gasteiger partial charge in [0, 0.05) is 30.5 Å². The summed E-state index contributed by atoms with van der Waals surface area (Å²) in [7, 11) is 0. The summed E-state index contributed by atoms with van der Waals surface area (Å²) in [5, 5.41) is 0. The van der Waals surface area contributed by atoms with Crippen molar-refractivity contribution in [2.75, 3.05) is 16.3 Å². The van der Waals surface area contributed by atoms with Crippen LogP contribution in [0.3, 0.4) is 0 Å². The first-order chi connectivity index (χ1) is 21.3. The fourth-order valence-corrected chi connectivity index (χ4v) is 7.80. The molecular formula is C37H30N2O5. The fourth-order valence-electron chi connectivity index (χ4n) is 7.80. The molecule has 0 spiro atoms. The number of imide groups is 1. The van der Waals surface area contributed by atoms with Crippen molar-refractivity contribution in [2.45, 2.75) is 32.1 Å². The van der Waals surface area contributed by atoms with Crippen LogP contribution in [0.2, 0.25) is 0 Å². The Hall–Kier alpha value is -5.04. The zero-order chi connectivity index (χ0) is 30.3. The number of hydrogen-bond acceptors (Lipinski definition) is 5. The molecule has 0 N–H and O–H groups in total. The third-order valence-corrected chi connectivity index (χ3v) is 10.0. The lowest BCUT2D eigenvalue weighted by Gasteiger charge is -2.45. The lowest BCUT2D eigenvalue weighted by molar-refractivity contribution is -0.139. The van der Waals surface area contributed by atoms with E-state index in [0.717, 1.165) is 39.1 Å². The first-order valence-corrected chi connectivity index (χ1v) is 15.1. The molecule has 0 radical (unpaired) electrons. The van der Waals surface area contributed by atoms with Crippen molar-refractivity contribution < 1.29 is 23.9 Å². The van der Waals surface area contributed by atoms with Crippen molar-refractivity contribution in [2.24, 2.45) is 17.8 Å². The Morgan fingerprint density at radius 1 is 0.682 bits per heavy atom. The summed E-state index contributed by atoms with van der Waals surface area (Å²) >= 11 is 0. The molecule has 4 aromatic rings. The highest BCUT2D eigenvalue weighted by Crippen LogP contribution is 2.61. The Morgan fingerprint density at radius 3 is 1.73 bits per heavy atom. The number of hydrogen-bond donors (Lipinski definition) is 0. The van der Waals surface area contributed by atoms with Crippen LogP contribution < -0.4 is 14.5 Å². The van der Waals surface area contributed by atoms with Crippen LogP contribution in [0.25, 0.3) is 0 Å². The molecule has 0 saturated carbocycles. The Balaban J connectivity index is 1.01. The van der Waals surface area contributed by atoms with Crippen molar-refractivity contribution >= 4 is 35.1 Å². The van der Waals surface area contributed by atoms with E-state index in [4.69, 9.17) is 4.74 Å². The van der Waals surface area contributed by atoms with Crippen molar-refractivity contribution in [1.82, 2.24) is 0 Å². The van der Waals surface area contributed by atoms with Gasteiger partial charge in [0.15, 0.2) is 0 Å². The summed E-state index contributed by atoms with van der Waals surface area (Å²) in [5.41, 5.74) is 7.97. The molecule has 2 fully saturated rings. The number of aryl methyl sites for hydroxylation is 2. The van der Waals surface area contributed by atoms with Crippen LogP contribution in [0.1, 0.15) is 51.6 Å². The molecule has 3 amide bonds. The minimum atomic E-state index is -0.590. The number of esters is 1. The maximum Gasteiger partial charge on any atom is 0.316 e. The SMILES string of the molecule is Cc1ccc(N2C[C@H](C(=O)Oc3ccc(N4C(=O)[C@@H]5C6c7ccccc7C(c7ccccc76)[C@H]5C4=O)cc3)CC2=O)cc1C. The van der Waals surface area contributed by atoms with E-state index in [1.807, 2.05) is 56.3 Å². The number of nitrogens with zero attached hydrogens (tertiary/aromatic N) is 2. The van der Waals surface area contributed by atoms with Gasteiger partial charge in [0.2, 0.25) is 17.7 Å². The molecule has 3 aliphatic carbocycles. The average molecular weight is 583 g/mol. The zero-order valence-corrected chi connectivity index (χ0v) is 24.4. The van der Waals surface area contributed by atoms with E-state index in [-0.39, 0.29) is 42.5 Å². The minimum Gasteiger partial charge on any atom is -0.426 e. The van der Waals surface area contributed by atoms with Crippen molar-refractivity contribution in [3.63, 3.8) is 0 Å². The van der Waals surface area contributed by atoms with Gasteiger partial charge in [-0.25, -0.2) is 4.90 Å². The minimum absolute atomic E-state index is 0.0799. The van der Waals surface area contributed by atoms with Crippen LogP contribution in [0.5, 0.6) is 5.75 Å². The van der Waals surface area contributed by atoms with Crippen LogP contribution in [0, 0.1) is 31.6 Å². The number of ether oxygens (including phenoxy) is 1. The second kappa shape index (κ2) is 9.74. The third-order valence-electron chi connectivity index (χ3n) is 10.0. The van der Waals surface area contributed by atoms with Gasteiger partial charge < -0.3 is 9.64 Å². The topological polar surface area (TPSA) is 84.0 Å². The molecule has 7 heteroatoms. The van der Waals surface area contributed by atoms with E-state index in [1.54, 1.807) is 29.2 Å². The molecule has 5 aliphatic rings. The number of benzene rings is 4. The van der Waals surface area contributed by atoms with Gasteiger partial charge in [0.1, 0.15) is 5.75 Å². The number of anilines is 2. The number of carbonyl (C=O) groups is 4. The van der Waals surface area contributed by atoms with Crippen LogP contribution in [0.4, 0.5) is 11.4 Å². The van der Waals surface area contributed by atoms with E-state index in [2.05, 4.69) is 24.3 Å². The molecule has 2 bridgehead atoms. The summed E-state index contributed by atoms with van der Waals surface area (Å²) in [5.74, 6) is -2.54. The molecule has 4 aromatic carbocycles. The highest BCUT2D eigenvalue weighted by Gasteiger charge is 2.61. The lowest BCUT2D eigenvalue weighted by Crippen LogP contribution is -2.41. The average Bonchev–Trinajstić information content (AvgIpc) is 3.56. The number of amides is 3. The highest BCUT2D eigenvalue weighted by atomic mass is 16.5. The Labute approximate surface area is 255 Å². The monoisotopic (exact) mass is 582 g/mol. The van der Waals surface area contributed by atoms with E-state index in [0.29, 0.717) is 11.4 Å². The summed E-state index contributed by atoms with van der Waals surface area (Å²) in [6.07, 6.45) is 0.0799. The molecule has 0 aromatic heterocycles. The Morgan fingerprint density at radius 2 is 1.20 bits per heavy atom. The molecule has 2 heterocycles. The van der Waals surface area contributed by atoms with E-state index in [1.165, 1.54) is 4.90 Å². The summed E-state index contributed by atoms with van der Waals surface area (Å²) in [6.45, 7) is 4.26. The van der Waals surface area contributed by atoms with Gasteiger partial charge in [0.25, 0.3) is 0 Å². The molecular weight excluding hydrogens is 552 g/mol. The van der Waals surface area contributed by atoms with Gasteiger partial charge in [-0.15, -0.1) is 0 Å². The Kier molecular flexibility index (Phi) is 5.88. The van der Waals surface area contributed by atoms with Gasteiger partial charge in [-0.05, 0) is 83.6 Å². The molecule has 44 heavy (non-hydrogen) atoms. The standard InChI is InChI=1S/C37H30N2O5/c1-20-11-12-24(17-21(20)2)38-19-22(18-30(38)40)37(43)44-25-15-13-23(14-16-25)39-35(41)33-31-26-7-3-4-8-27(26)32(34(33)36(39)42)29-10-6-5-9-28(29)31/h3-17,22,31-34H,18-19H2,1-2H3/t22-,31?,32?,33-,34-/m1/s1. The Bertz CT molecular complexity index is 1780. The maximum atomic E-state index is 14.0. The van der Waals surface area contributed by atoms with E-state index in [9.17, 15) is 19.2 Å². The van der Waals surface area contributed by atoms with Crippen LogP contribution >= 0.6 is 0 Å². The van der Waals surface area contributed by atoms with Gasteiger partial charge in [0.05, 0.1) is 23.4 Å². The molecule has 7 nitrogen and oxygen atoms in total. The van der Waals surface area contributed by atoms with Gasteiger partial charge in [-0.3, -0.25) is 19.2 Å². The molecule has 2 saturated heterocycles. The lowest BCUT2D eigenvalue weighted by atomic mass is 9.55. The zero-order valence-electron chi connectivity index (χ0n) is 24.4. The quantitative estimate of drug-likeness (QED) is 0.176. The predicted molar refractivity (Wildman–Crippen MR) is 164 cm³/mol. The van der Waals surface area contributed by atoms with Gasteiger partial charge in [-0.1, -0.05) is 54.6 Å². The van der Waals surface area contributed by atoms with E-state index < -0.39 is 23.7 Å². The largest absolute Gasteiger partial charge is 0.426 e. The number of rotatable bonds is 4. The molecule has 0 unspecified atom stereocenters. The van der Waals surface area contributed by atoms with Crippen molar-refractivity contribution in [3.8, 4) is 5.75 Å². The predicted octanol–water partition coefficient (Wildman–Crippen LogP) is 5.66. The summed E-state index contributed by atoms with van der Waals surface area (Å²) in [4.78, 5) is 56.7. The fraction of sp³-hybridized carbons (Fsp3) is 0.243. The van der Waals surface area contributed by atoms with Crippen LogP contribution in [-0.4, -0.2) is 30.2 Å². The first-order valence-electron chi connectivity index (χ1n) is 15.1. The maximum absolute atomic E-state index is 14.0. The molecule has 3 atom stereocenters. The second-order valence-electron chi connectivity index (χ2n) is 12.4. The van der Waals surface area contributed by atoms with Crippen LogP contribution in [0.15, 0.2) is 91.0 Å². The normalized spacial score (nSPS) is 24.8. The van der Waals surface area contributed by atoms with Crippen LogP contribution in [-0.2, 0) is 19.2 Å². The third kappa shape index (κ3) is 3.81. The molecule has 2 aliphatic heterocycles. The van der Waals surface area contributed by atoms with Crippen molar-refractivity contribution in [3.05, 3.63) is 124 Å². The van der Waals surface area contributed by atoms with Crippen molar-refractivity contribution in [1.29, 1.82) is 0 Å². The summed E-state index contributed by atoms with van der Waals surface area (Å²) in [6, 6.07) is 28.7. The van der Waals surface area contributed by atoms with Gasteiger partial charge >= 0.3 is 5.97 Å². The van der Waals surface area contributed by atoms with Gasteiger partial charge in [-0.2, -0.15) is 0 Å².